The van der Waals surface area contributed by atoms with Crippen molar-refractivity contribution in [2.75, 3.05) is 13.2 Å². The van der Waals surface area contributed by atoms with Gasteiger partial charge in [0.2, 0.25) is 0 Å². The molecule has 8 aliphatic rings. The molecule has 0 aromatic heterocycles. The highest BCUT2D eigenvalue weighted by molar-refractivity contribution is 5.66. The minimum atomic E-state index is -1.32. The lowest BCUT2D eigenvalue weighted by Gasteiger charge is -2.64. The van der Waals surface area contributed by atoms with Crippen molar-refractivity contribution in [3.63, 3.8) is 0 Å². The lowest BCUT2D eigenvalue weighted by molar-refractivity contribution is -0.317. The molecule has 3 aliphatic heterocycles. The Morgan fingerprint density at radius 2 is 1.52 bits per heavy atom. The van der Waals surface area contributed by atoms with E-state index >= 15 is 0 Å². The molecule has 11 nitrogen and oxygen atoms in total. The molecule has 48 heavy (non-hydrogen) atoms. The maximum Gasteiger partial charge on any atom is 0.303 e. The van der Waals surface area contributed by atoms with Gasteiger partial charge in [0.25, 0.3) is 0 Å². The van der Waals surface area contributed by atoms with E-state index in [1.807, 2.05) is 0 Å². The molecule has 272 valence electrons. The van der Waals surface area contributed by atoms with E-state index in [0.717, 1.165) is 44.9 Å². The molecular weight excluding hydrogens is 620 g/mol. The van der Waals surface area contributed by atoms with E-state index in [2.05, 4.69) is 27.7 Å². The second kappa shape index (κ2) is 10.2. The van der Waals surface area contributed by atoms with Crippen LogP contribution in [0.15, 0.2) is 0 Å². The lowest BCUT2D eigenvalue weighted by atomic mass is 9.41. The summed E-state index contributed by atoms with van der Waals surface area (Å²) in [7, 11) is 0. The third-order valence-corrected chi connectivity index (χ3v) is 16.4. The first kappa shape index (κ1) is 34.2. The van der Waals surface area contributed by atoms with Crippen LogP contribution in [0.1, 0.15) is 106 Å². The summed E-state index contributed by atoms with van der Waals surface area (Å²) in [6.07, 6.45) is 1.09. The number of fused-ring (bicyclic) bond motifs is 4. The number of aliphatic hydroxyl groups is 5. The van der Waals surface area contributed by atoms with Gasteiger partial charge in [0.1, 0.15) is 30.0 Å². The fourth-order valence-electron chi connectivity index (χ4n) is 14.1. The highest BCUT2D eigenvalue weighted by Crippen LogP contribution is 2.89. The third kappa shape index (κ3) is 3.95. The minimum Gasteiger partial charge on any atom is -0.459 e. The number of carbonyl (C=O) groups excluding carboxylic acids is 1. The van der Waals surface area contributed by atoms with Gasteiger partial charge in [-0.15, -0.1) is 0 Å². The quantitative estimate of drug-likeness (QED) is 0.219. The average molecular weight is 679 g/mol. The molecule has 0 aromatic rings. The van der Waals surface area contributed by atoms with Gasteiger partial charge in [-0.05, 0) is 100 Å². The van der Waals surface area contributed by atoms with Gasteiger partial charge in [0, 0.05) is 30.1 Å². The summed E-state index contributed by atoms with van der Waals surface area (Å²) in [5.74, 6) is -1.33. The van der Waals surface area contributed by atoms with E-state index in [0.29, 0.717) is 25.4 Å². The van der Waals surface area contributed by atoms with Crippen LogP contribution in [0.4, 0.5) is 0 Å². The number of aliphatic hydroxyl groups excluding tert-OH is 4. The zero-order valence-electron chi connectivity index (χ0n) is 29.7. The van der Waals surface area contributed by atoms with E-state index in [1.165, 1.54) is 6.92 Å². The fourth-order valence-corrected chi connectivity index (χ4v) is 14.1. The van der Waals surface area contributed by atoms with E-state index < -0.39 is 70.6 Å². The average Bonchev–Trinajstić information content (AvgIpc) is 3.50. The van der Waals surface area contributed by atoms with Crippen molar-refractivity contribution >= 4 is 5.97 Å². The summed E-state index contributed by atoms with van der Waals surface area (Å²) >= 11 is 0. The Morgan fingerprint density at radius 1 is 0.854 bits per heavy atom. The Bertz CT molecular complexity index is 1350. The van der Waals surface area contributed by atoms with E-state index in [9.17, 15) is 30.3 Å². The standard InChI is InChI=1S/C37H58O11/c1-19(38)46-26-27-32(6)12-15-37(48-32,31(4,5)43)45-18-36(27)14-13-35-17-34(35)11-10-23(47-29-25(41)24(40)20(39)16-44-29)30(2,3)21(34)8-9-22(35)33(36,7)28(26)42/h20-29,39-43H,8-18H2,1-7H3/t20-,21-,22+,23+,24+,25-,26+,27-,28-,29+,32+,33-,34-,35+,36+,37+/m1/s1. The van der Waals surface area contributed by atoms with Crippen molar-refractivity contribution in [1.82, 2.24) is 0 Å². The number of rotatable bonds is 4. The molecule has 16 atom stereocenters. The molecule has 3 saturated heterocycles. The SMILES string of the molecule is CC(=O)O[C@@H]1[C@@H](O)[C@@]2(C)[C@@H]3CC[C@@H]4C(C)(C)[C@@H](O[C@@H]5OC[C@@H](O)[C@H](O)[C@H]5O)CC[C@@]45C[C@@]35CC[C@@]23CO[C@@]2(C(C)(C)O)CC[C@](C)(O2)[C@@H]13. The predicted molar refractivity (Wildman–Crippen MR) is 170 cm³/mol. The van der Waals surface area contributed by atoms with Crippen molar-refractivity contribution in [3.05, 3.63) is 0 Å². The van der Waals surface area contributed by atoms with Gasteiger partial charge in [-0.3, -0.25) is 4.79 Å². The van der Waals surface area contributed by atoms with Crippen LogP contribution in [0, 0.1) is 44.8 Å². The molecule has 5 N–H and O–H groups in total. The smallest absolute Gasteiger partial charge is 0.303 e. The number of hydrogen-bond acceptors (Lipinski definition) is 11. The molecule has 0 aromatic carbocycles. The summed E-state index contributed by atoms with van der Waals surface area (Å²) in [4.78, 5) is 12.7. The van der Waals surface area contributed by atoms with E-state index in [4.69, 9.17) is 23.7 Å². The van der Waals surface area contributed by atoms with Crippen LogP contribution in [-0.2, 0) is 28.5 Å². The Kier molecular flexibility index (Phi) is 7.24. The summed E-state index contributed by atoms with van der Waals surface area (Å²) in [6, 6.07) is 0. The fraction of sp³-hybridized carbons (Fsp3) is 0.973. The zero-order valence-corrected chi connectivity index (χ0v) is 29.7. The van der Waals surface area contributed by atoms with Crippen molar-refractivity contribution in [2.24, 2.45) is 44.8 Å². The molecular formula is C37H58O11. The molecule has 3 heterocycles. The van der Waals surface area contributed by atoms with Crippen molar-refractivity contribution in [3.8, 4) is 0 Å². The van der Waals surface area contributed by atoms with Gasteiger partial charge in [-0.25, -0.2) is 0 Å². The van der Waals surface area contributed by atoms with E-state index in [1.54, 1.807) is 13.8 Å². The largest absolute Gasteiger partial charge is 0.459 e. The van der Waals surface area contributed by atoms with Crippen molar-refractivity contribution in [2.45, 2.75) is 166 Å². The molecule has 0 unspecified atom stereocenters. The molecule has 5 saturated carbocycles. The van der Waals surface area contributed by atoms with Crippen LogP contribution in [0.5, 0.6) is 0 Å². The molecule has 3 spiro atoms. The van der Waals surface area contributed by atoms with Crippen LogP contribution in [0.25, 0.3) is 0 Å². The maximum atomic E-state index is 12.7. The molecule has 8 fully saturated rings. The predicted octanol–water partition coefficient (Wildman–Crippen LogP) is 2.81. The summed E-state index contributed by atoms with van der Waals surface area (Å²) < 4.78 is 31.9. The molecule has 5 aliphatic carbocycles. The molecule has 8 rings (SSSR count). The van der Waals surface area contributed by atoms with Gasteiger partial charge in [0.05, 0.1) is 31.0 Å². The second-order valence-electron chi connectivity index (χ2n) is 18.9. The van der Waals surface area contributed by atoms with E-state index in [-0.39, 0.29) is 40.8 Å². The Labute approximate surface area is 284 Å². The summed E-state index contributed by atoms with van der Waals surface area (Å²) in [6.45, 7) is 14.0. The maximum absolute atomic E-state index is 12.7. The first-order valence-electron chi connectivity index (χ1n) is 18.5. The van der Waals surface area contributed by atoms with Crippen LogP contribution in [0.3, 0.4) is 0 Å². The monoisotopic (exact) mass is 678 g/mol. The van der Waals surface area contributed by atoms with Crippen LogP contribution < -0.4 is 0 Å². The summed E-state index contributed by atoms with van der Waals surface area (Å²) in [5, 5.41) is 54.9. The zero-order chi connectivity index (χ0) is 34.7. The molecule has 2 bridgehead atoms. The Hall–Kier alpha value is -0.890. The Balaban J connectivity index is 1.13. The highest BCUT2D eigenvalue weighted by atomic mass is 16.7. The second-order valence-corrected chi connectivity index (χ2v) is 18.9. The number of ether oxygens (including phenoxy) is 5. The highest BCUT2D eigenvalue weighted by Gasteiger charge is 2.87. The topological polar surface area (TPSA) is 164 Å². The molecule has 0 radical (unpaired) electrons. The van der Waals surface area contributed by atoms with Gasteiger partial charge < -0.3 is 49.2 Å². The number of carbonyl (C=O) groups is 1. The first-order valence-corrected chi connectivity index (χ1v) is 18.5. The molecule has 11 heteroatoms. The minimum absolute atomic E-state index is 0.0248. The number of esters is 1. The number of hydrogen-bond donors (Lipinski definition) is 5. The Morgan fingerprint density at radius 3 is 2.21 bits per heavy atom. The van der Waals surface area contributed by atoms with Gasteiger partial charge in [-0.1, -0.05) is 20.8 Å². The first-order chi connectivity index (χ1) is 22.3. The van der Waals surface area contributed by atoms with Crippen LogP contribution in [0.2, 0.25) is 0 Å². The third-order valence-electron chi connectivity index (χ3n) is 16.4. The van der Waals surface area contributed by atoms with Gasteiger partial charge >= 0.3 is 5.97 Å². The van der Waals surface area contributed by atoms with Crippen molar-refractivity contribution in [1.29, 1.82) is 0 Å². The van der Waals surface area contributed by atoms with Crippen LogP contribution >= 0.6 is 0 Å². The normalized spacial score (nSPS) is 58.1. The van der Waals surface area contributed by atoms with Crippen molar-refractivity contribution < 1.29 is 54.0 Å². The lowest BCUT2D eigenvalue weighted by Crippen LogP contribution is -2.63. The molecule has 0 amide bonds. The van der Waals surface area contributed by atoms with Crippen LogP contribution in [-0.4, -0.2) is 105 Å². The van der Waals surface area contributed by atoms with Gasteiger partial charge in [0.15, 0.2) is 12.1 Å². The van der Waals surface area contributed by atoms with Gasteiger partial charge in [-0.2, -0.15) is 0 Å². The summed E-state index contributed by atoms with van der Waals surface area (Å²) in [5.41, 5.74) is -3.27.